The fraction of sp³-hybridized carbons (Fsp3) is 0.571. The molecule has 0 aliphatic carbocycles. The Morgan fingerprint density at radius 2 is 2.00 bits per heavy atom. The fourth-order valence-electron chi connectivity index (χ4n) is 1.60. The molecule has 0 heterocycles. The predicted octanol–water partition coefficient (Wildman–Crippen LogP) is 4.03. The highest BCUT2D eigenvalue weighted by Crippen LogP contribution is 2.31. The molecule has 0 saturated heterocycles. The average Bonchev–Trinajstić information content (AvgIpc) is 2.28. The molecule has 0 amide bonds. The van der Waals surface area contributed by atoms with Crippen LogP contribution in [0, 0.1) is 0 Å². The molecule has 0 atom stereocenters. The first-order valence-electron chi connectivity index (χ1n) is 5.97. The molecular formula is C14H22ClNO. The Bertz CT molecular complexity index is 358. The summed E-state index contributed by atoms with van der Waals surface area (Å²) in [5.74, 6) is 1.56. The van der Waals surface area contributed by atoms with Gasteiger partial charge in [-0.2, -0.15) is 0 Å². The quantitative estimate of drug-likeness (QED) is 0.634. The topological polar surface area (TPSA) is 21.3 Å². The molecular weight excluding hydrogens is 234 g/mol. The third-order valence-electron chi connectivity index (χ3n) is 2.69. The van der Waals surface area contributed by atoms with Gasteiger partial charge in [-0.3, -0.25) is 0 Å². The van der Waals surface area contributed by atoms with E-state index in [1.54, 1.807) is 7.11 Å². The maximum absolute atomic E-state index is 5.67. The van der Waals surface area contributed by atoms with Gasteiger partial charge in [0, 0.05) is 12.4 Å². The molecule has 0 unspecified atom stereocenters. The number of methoxy groups -OCH3 is 1. The lowest BCUT2D eigenvalue weighted by Gasteiger charge is -2.21. The molecule has 96 valence electrons. The van der Waals surface area contributed by atoms with Crippen LogP contribution in [-0.2, 0) is 5.41 Å². The number of alkyl halides is 1. The Morgan fingerprint density at radius 3 is 2.53 bits per heavy atom. The van der Waals surface area contributed by atoms with E-state index >= 15 is 0 Å². The molecule has 3 heteroatoms. The van der Waals surface area contributed by atoms with Crippen molar-refractivity contribution in [1.82, 2.24) is 0 Å². The van der Waals surface area contributed by atoms with E-state index in [1.165, 1.54) is 5.56 Å². The van der Waals surface area contributed by atoms with Crippen LogP contribution in [0.2, 0.25) is 0 Å². The standard InChI is InChI=1S/C14H22ClNO/c1-14(2,3)11-6-7-13(17-4)12(10-11)16-9-5-8-15/h6-7,10,16H,5,8-9H2,1-4H3. The summed E-state index contributed by atoms with van der Waals surface area (Å²) in [6, 6.07) is 6.29. The second-order valence-corrected chi connectivity index (χ2v) is 5.51. The number of anilines is 1. The molecule has 1 N–H and O–H groups in total. The Balaban J connectivity index is 2.90. The number of benzene rings is 1. The summed E-state index contributed by atoms with van der Waals surface area (Å²) in [7, 11) is 1.69. The summed E-state index contributed by atoms with van der Waals surface area (Å²) >= 11 is 5.67. The highest BCUT2D eigenvalue weighted by Gasteiger charge is 2.15. The summed E-state index contributed by atoms with van der Waals surface area (Å²) in [5, 5.41) is 3.37. The van der Waals surface area contributed by atoms with Crippen molar-refractivity contribution in [1.29, 1.82) is 0 Å². The van der Waals surface area contributed by atoms with Gasteiger partial charge in [0.1, 0.15) is 5.75 Å². The molecule has 0 radical (unpaired) electrons. The number of hydrogen-bond acceptors (Lipinski definition) is 2. The first-order chi connectivity index (χ1) is 7.99. The molecule has 0 aliphatic heterocycles. The van der Waals surface area contributed by atoms with Crippen LogP contribution in [0.4, 0.5) is 5.69 Å². The van der Waals surface area contributed by atoms with E-state index in [0.29, 0.717) is 5.88 Å². The van der Waals surface area contributed by atoms with Crippen molar-refractivity contribution in [2.45, 2.75) is 32.6 Å². The van der Waals surface area contributed by atoms with Crippen molar-refractivity contribution in [2.24, 2.45) is 0 Å². The molecule has 0 bridgehead atoms. The van der Waals surface area contributed by atoms with Crippen LogP contribution in [0.1, 0.15) is 32.8 Å². The molecule has 0 saturated carbocycles. The summed E-state index contributed by atoms with van der Waals surface area (Å²) in [5.41, 5.74) is 2.49. The Kier molecular flexibility index (Phi) is 5.13. The van der Waals surface area contributed by atoms with Crippen LogP contribution in [0.3, 0.4) is 0 Å². The summed E-state index contributed by atoms with van der Waals surface area (Å²) in [6.45, 7) is 7.49. The number of nitrogens with one attached hydrogen (secondary N) is 1. The lowest BCUT2D eigenvalue weighted by Crippen LogP contribution is -2.12. The van der Waals surface area contributed by atoms with Crippen molar-refractivity contribution in [3.63, 3.8) is 0 Å². The summed E-state index contributed by atoms with van der Waals surface area (Å²) < 4.78 is 5.35. The normalized spacial score (nSPS) is 11.4. The van der Waals surface area contributed by atoms with Gasteiger partial charge in [0.15, 0.2) is 0 Å². The largest absolute Gasteiger partial charge is 0.495 e. The molecule has 0 spiro atoms. The maximum atomic E-state index is 5.67. The predicted molar refractivity (Wildman–Crippen MR) is 75.5 cm³/mol. The fourth-order valence-corrected chi connectivity index (χ4v) is 1.74. The highest BCUT2D eigenvalue weighted by molar-refractivity contribution is 6.17. The first kappa shape index (κ1) is 14.2. The molecule has 17 heavy (non-hydrogen) atoms. The molecule has 2 nitrogen and oxygen atoms in total. The second kappa shape index (κ2) is 6.15. The third kappa shape index (κ3) is 4.12. The minimum atomic E-state index is 0.148. The molecule has 0 aliphatic rings. The minimum absolute atomic E-state index is 0.148. The van der Waals surface area contributed by atoms with Crippen molar-refractivity contribution < 1.29 is 4.74 Å². The van der Waals surface area contributed by atoms with Crippen molar-refractivity contribution in [3.05, 3.63) is 23.8 Å². The smallest absolute Gasteiger partial charge is 0.141 e. The van der Waals surface area contributed by atoms with Crippen LogP contribution >= 0.6 is 11.6 Å². The molecule has 1 aromatic carbocycles. The molecule has 1 aromatic rings. The molecule has 0 fully saturated rings. The van der Waals surface area contributed by atoms with Crippen LogP contribution in [0.5, 0.6) is 5.75 Å². The zero-order chi connectivity index (χ0) is 12.9. The summed E-state index contributed by atoms with van der Waals surface area (Å²) in [4.78, 5) is 0. The number of halogens is 1. The van der Waals surface area contributed by atoms with E-state index in [-0.39, 0.29) is 5.41 Å². The van der Waals surface area contributed by atoms with E-state index in [9.17, 15) is 0 Å². The van der Waals surface area contributed by atoms with Gasteiger partial charge in [0.05, 0.1) is 12.8 Å². The third-order valence-corrected chi connectivity index (χ3v) is 2.96. The van der Waals surface area contributed by atoms with Crippen LogP contribution < -0.4 is 10.1 Å². The van der Waals surface area contributed by atoms with Crippen LogP contribution in [-0.4, -0.2) is 19.5 Å². The van der Waals surface area contributed by atoms with Crippen LogP contribution in [0.25, 0.3) is 0 Å². The Morgan fingerprint density at radius 1 is 1.29 bits per heavy atom. The number of rotatable bonds is 5. The van der Waals surface area contributed by atoms with Gasteiger partial charge < -0.3 is 10.1 Å². The second-order valence-electron chi connectivity index (χ2n) is 5.13. The van der Waals surface area contributed by atoms with Crippen molar-refractivity contribution >= 4 is 17.3 Å². The lowest BCUT2D eigenvalue weighted by atomic mass is 9.87. The molecule has 0 aromatic heterocycles. The minimum Gasteiger partial charge on any atom is -0.495 e. The average molecular weight is 256 g/mol. The zero-order valence-electron chi connectivity index (χ0n) is 11.1. The SMILES string of the molecule is COc1ccc(C(C)(C)C)cc1NCCCCl. The summed E-state index contributed by atoms with van der Waals surface area (Å²) in [6.07, 6.45) is 0.949. The Hall–Kier alpha value is -0.890. The van der Waals surface area contributed by atoms with Crippen molar-refractivity contribution in [3.8, 4) is 5.75 Å². The van der Waals surface area contributed by atoms with E-state index in [1.807, 2.05) is 6.07 Å². The maximum Gasteiger partial charge on any atom is 0.141 e. The van der Waals surface area contributed by atoms with Crippen molar-refractivity contribution in [2.75, 3.05) is 24.9 Å². The van der Waals surface area contributed by atoms with E-state index in [4.69, 9.17) is 16.3 Å². The van der Waals surface area contributed by atoms with Gasteiger partial charge in [-0.1, -0.05) is 26.8 Å². The first-order valence-corrected chi connectivity index (χ1v) is 6.51. The van der Waals surface area contributed by atoms with Gasteiger partial charge in [-0.05, 0) is 29.5 Å². The zero-order valence-corrected chi connectivity index (χ0v) is 11.9. The van der Waals surface area contributed by atoms with Gasteiger partial charge in [0.2, 0.25) is 0 Å². The number of hydrogen-bond donors (Lipinski definition) is 1. The van der Waals surface area contributed by atoms with E-state index in [2.05, 4.69) is 38.2 Å². The number of ether oxygens (including phenoxy) is 1. The van der Waals surface area contributed by atoms with Crippen LogP contribution in [0.15, 0.2) is 18.2 Å². The van der Waals surface area contributed by atoms with Gasteiger partial charge in [-0.15, -0.1) is 11.6 Å². The van der Waals surface area contributed by atoms with Gasteiger partial charge in [-0.25, -0.2) is 0 Å². The molecule has 1 rings (SSSR count). The van der Waals surface area contributed by atoms with E-state index in [0.717, 1.165) is 24.4 Å². The van der Waals surface area contributed by atoms with Gasteiger partial charge >= 0.3 is 0 Å². The van der Waals surface area contributed by atoms with Gasteiger partial charge in [0.25, 0.3) is 0 Å². The Labute approximate surface area is 109 Å². The lowest BCUT2D eigenvalue weighted by molar-refractivity contribution is 0.416. The highest BCUT2D eigenvalue weighted by atomic mass is 35.5. The monoisotopic (exact) mass is 255 g/mol. The van der Waals surface area contributed by atoms with E-state index < -0.39 is 0 Å².